The molecular formula is C84H147NO8. The maximum absolute atomic E-state index is 13.0. The molecule has 0 radical (unpaired) electrons. The number of esters is 2. The molecule has 0 saturated carbocycles. The third-order valence-corrected chi connectivity index (χ3v) is 17.0. The van der Waals surface area contributed by atoms with Crippen LogP contribution in [0.1, 0.15) is 348 Å². The second-order valence-electron chi connectivity index (χ2n) is 27.3. The standard InChI is InChI=1S/C84H147NO8/c1-6-8-10-12-14-16-18-20-22-24-26-28-30-32-34-36-38-40-41-43-44-46-48-50-52-54-56-58-60-62-64-66-68-70-72-74-81(86)91-78-80(79-92-84(83(88)89)90-77-76-85(3,4)5)93-82(87)75-73-71-69-67-65-63-61-59-57-55-53-51-49-47-45-42-39-37-35-33-31-29-27-25-23-21-19-17-15-13-11-9-7-2/h9,11,15,17,21,23,27,29,33,35,39,42,47,49,53,55,59,61,80,84H,6-8,10,12-14,16,18-20,22,24-26,28,30-32,34,36-38,40-41,43-46,48,50-52,54,56-58,60,62-79H2,1-5H3/b11-9-,17-15-,23-21-,29-27-,35-33-,42-39-,49-47-,55-53-,61-59-. The zero-order valence-corrected chi connectivity index (χ0v) is 61.4. The summed E-state index contributed by atoms with van der Waals surface area (Å²) in [6.07, 6.45) is 101. The first-order valence-electron chi connectivity index (χ1n) is 39.0. The van der Waals surface area contributed by atoms with Crippen LogP contribution in [0.15, 0.2) is 109 Å². The molecule has 0 saturated heterocycles. The molecule has 0 aromatic carbocycles. The van der Waals surface area contributed by atoms with E-state index in [1.54, 1.807) is 0 Å². The average molecular weight is 1300 g/mol. The van der Waals surface area contributed by atoms with E-state index in [1.165, 1.54) is 205 Å². The molecule has 9 heteroatoms. The Balaban J connectivity index is 4.09. The van der Waals surface area contributed by atoms with Crippen LogP contribution in [0.5, 0.6) is 0 Å². The summed E-state index contributed by atoms with van der Waals surface area (Å²) in [6.45, 7) is 4.65. The highest BCUT2D eigenvalue weighted by molar-refractivity contribution is 5.70. The number of carboxylic acid groups (broad SMARTS) is 1. The Kier molecular flexibility index (Phi) is 70.5. The lowest BCUT2D eigenvalue weighted by Gasteiger charge is -2.26. The van der Waals surface area contributed by atoms with E-state index in [4.69, 9.17) is 18.9 Å². The molecule has 0 aliphatic carbocycles. The Morgan fingerprint density at radius 3 is 0.914 bits per heavy atom. The predicted molar refractivity (Wildman–Crippen MR) is 398 cm³/mol. The zero-order chi connectivity index (χ0) is 67.5. The molecule has 0 aromatic rings. The van der Waals surface area contributed by atoms with Crippen molar-refractivity contribution in [3.05, 3.63) is 109 Å². The molecule has 2 atom stereocenters. The Morgan fingerprint density at radius 1 is 0.333 bits per heavy atom. The number of quaternary nitrogens is 1. The van der Waals surface area contributed by atoms with Crippen molar-refractivity contribution < 1.29 is 42.9 Å². The van der Waals surface area contributed by atoms with Crippen LogP contribution < -0.4 is 5.11 Å². The second-order valence-corrected chi connectivity index (χ2v) is 27.3. The number of allylic oxidation sites excluding steroid dienone is 18. The van der Waals surface area contributed by atoms with Crippen LogP contribution in [-0.4, -0.2) is 82.3 Å². The van der Waals surface area contributed by atoms with Gasteiger partial charge in [-0.05, 0) is 83.5 Å². The van der Waals surface area contributed by atoms with Crippen LogP contribution in [0.25, 0.3) is 0 Å². The van der Waals surface area contributed by atoms with Crippen molar-refractivity contribution in [1.29, 1.82) is 0 Å². The lowest BCUT2D eigenvalue weighted by atomic mass is 10.0. The Bertz CT molecular complexity index is 1900. The van der Waals surface area contributed by atoms with Gasteiger partial charge in [0.1, 0.15) is 13.2 Å². The van der Waals surface area contributed by atoms with Gasteiger partial charge in [0, 0.05) is 12.8 Å². The van der Waals surface area contributed by atoms with Crippen LogP contribution in [0, 0.1) is 0 Å². The first-order chi connectivity index (χ1) is 45.6. The van der Waals surface area contributed by atoms with Crippen molar-refractivity contribution in [2.45, 2.75) is 360 Å². The van der Waals surface area contributed by atoms with Gasteiger partial charge in [0.15, 0.2) is 12.4 Å². The average Bonchev–Trinajstić information content (AvgIpc) is 3.74. The Morgan fingerprint density at radius 2 is 0.613 bits per heavy atom. The highest BCUT2D eigenvalue weighted by Gasteiger charge is 2.22. The van der Waals surface area contributed by atoms with E-state index < -0.39 is 24.3 Å². The van der Waals surface area contributed by atoms with Crippen molar-refractivity contribution in [3.8, 4) is 0 Å². The molecular weight excluding hydrogens is 1150 g/mol. The topological polar surface area (TPSA) is 111 Å². The molecule has 0 aliphatic rings. The van der Waals surface area contributed by atoms with Crippen molar-refractivity contribution in [1.82, 2.24) is 0 Å². The SMILES string of the molecule is CC/C=C\C/C=C\C/C=C\C/C=C\C/C=C\C/C=C\C/C=C\C/C=C\C/C=C\CCCCCCCC(=O)OC(COC(=O)CCCCCCCCCCCCCCCCCCCCCCCCCCCCCCCCCCCCC)COC(OCC[N+](C)(C)C)C(=O)[O-]. The molecule has 0 amide bonds. The van der Waals surface area contributed by atoms with Crippen molar-refractivity contribution in [2.24, 2.45) is 0 Å². The number of carbonyl (C=O) groups excluding carboxylic acids is 3. The monoisotopic (exact) mass is 1300 g/mol. The maximum Gasteiger partial charge on any atom is 0.306 e. The van der Waals surface area contributed by atoms with E-state index in [-0.39, 0.29) is 38.6 Å². The number of carbonyl (C=O) groups is 3. The highest BCUT2D eigenvalue weighted by atomic mass is 16.7. The minimum absolute atomic E-state index is 0.140. The molecule has 0 bridgehead atoms. The number of carboxylic acids is 1. The molecule has 9 nitrogen and oxygen atoms in total. The number of unbranched alkanes of at least 4 members (excludes halogenated alkanes) is 39. The van der Waals surface area contributed by atoms with Crippen LogP contribution >= 0.6 is 0 Å². The van der Waals surface area contributed by atoms with E-state index in [9.17, 15) is 19.5 Å². The highest BCUT2D eigenvalue weighted by Crippen LogP contribution is 2.19. The number of hydrogen-bond donors (Lipinski definition) is 0. The van der Waals surface area contributed by atoms with Crippen LogP contribution in [-0.2, 0) is 33.3 Å². The summed E-state index contributed by atoms with van der Waals surface area (Å²) in [7, 11) is 5.93. The van der Waals surface area contributed by atoms with Crippen LogP contribution in [0.4, 0.5) is 0 Å². The Hall–Kier alpha value is -4.05. The molecule has 0 spiro atoms. The van der Waals surface area contributed by atoms with Crippen LogP contribution in [0.2, 0.25) is 0 Å². The summed E-state index contributed by atoms with van der Waals surface area (Å²) >= 11 is 0. The van der Waals surface area contributed by atoms with Gasteiger partial charge >= 0.3 is 11.9 Å². The molecule has 93 heavy (non-hydrogen) atoms. The van der Waals surface area contributed by atoms with Gasteiger partial charge in [-0.1, -0.05) is 361 Å². The number of ether oxygens (including phenoxy) is 4. The fourth-order valence-electron chi connectivity index (χ4n) is 11.1. The first kappa shape index (κ1) is 89.0. The molecule has 0 heterocycles. The molecule has 0 N–H and O–H groups in total. The van der Waals surface area contributed by atoms with Gasteiger partial charge in [-0.25, -0.2) is 0 Å². The molecule has 2 unspecified atom stereocenters. The predicted octanol–water partition coefficient (Wildman–Crippen LogP) is 23.6. The van der Waals surface area contributed by atoms with E-state index in [0.29, 0.717) is 17.4 Å². The van der Waals surface area contributed by atoms with E-state index in [0.717, 1.165) is 109 Å². The quantitative estimate of drug-likeness (QED) is 0.0195. The normalized spacial score (nSPS) is 13.3. The van der Waals surface area contributed by atoms with E-state index in [1.807, 2.05) is 21.1 Å². The van der Waals surface area contributed by atoms with Gasteiger partial charge in [0.2, 0.25) is 0 Å². The number of hydrogen-bond acceptors (Lipinski definition) is 8. The third kappa shape index (κ3) is 75.2. The smallest absolute Gasteiger partial charge is 0.306 e. The first-order valence-corrected chi connectivity index (χ1v) is 39.0. The maximum atomic E-state index is 13.0. The Labute approximate surface area is 575 Å². The number of likely N-dealkylation sites (N-methyl/N-ethyl adjacent to an activating group) is 1. The molecule has 0 aromatic heterocycles. The number of rotatable bonds is 72. The molecule has 0 fully saturated rings. The van der Waals surface area contributed by atoms with Gasteiger partial charge in [0.25, 0.3) is 0 Å². The molecule has 536 valence electrons. The summed E-state index contributed by atoms with van der Waals surface area (Å²) in [5.41, 5.74) is 0. The summed E-state index contributed by atoms with van der Waals surface area (Å²) < 4.78 is 22.8. The second kappa shape index (κ2) is 73.8. The fraction of sp³-hybridized carbons (Fsp3) is 0.750. The van der Waals surface area contributed by atoms with Crippen molar-refractivity contribution in [3.63, 3.8) is 0 Å². The number of aliphatic carboxylic acids is 1. The summed E-state index contributed by atoms with van der Waals surface area (Å²) in [5.74, 6) is -2.30. The zero-order valence-electron chi connectivity index (χ0n) is 61.4. The fourth-order valence-corrected chi connectivity index (χ4v) is 11.1. The van der Waals surface area contributed by atoms with E-state index in [2.05, 4.69) is 123 Å². The lowest BCUT2D eigenvalue weighted by Crippen LogP contribution is -2.44. The summed E-state index contributed by atoms with van der Waals surface area (Å²) in [5, 5.41) is 11.9. The van der Waals surface area contributed by atoms with Gasteiger partial charge < -0.3 is 33.3 Å². The molecule has 0 aliphatic heterocycles. The third-order valence-electron chi connectivity index (χ3n) is 17.0. The number of nitrogens with zero attached hydrogens (tertiary/aromatic N) is 1. The largest absolute Gasteiger partial charge is 0.545 e. The van der Waals surface area contributed by atoms with Crippen molar-refractivity contribution in [2.75, 3.05) is 47.5 Å². The van der Waals surface area contributed by atoms with Crippen LogP contribution in [0.3, 0.4) is 0 Å². The van der Waals surface area contributed by atoms with E-state index >= 15 is 0 Å². The van der Waals surface area contributed by atoms with Gasteiger partial charge in [-0.2, -0.15) is 0 Å². The van der Waals surface area contributed by atoms with Gasteiger partial charge in [0.05, 0.1) is 40.3 Å². The van der Waals surface area contributed by atoms with Gasteiger partial charge in [-0.15, -0.1) is 0 Å². The lowest BCUT2D eigenvalue weighted by molar-refractivity contribution is -0.870. The molecule has 0 rings (SSSR count). The minimum atomic E-state index is -1.63. The minimum Gasteiger partial charge on any atom is -0.545 e. The van der Waals surface area contributed by atoms with Gasteiger partial charge in [-0.3, -0.25) is 9.59 Å². The summed E-state index contributed by atoms with van der Waals surface area (Å²) in [4.78, 5) is 37.6. The summed E-state index contributed by atoms with van der Waals surface area (Å²) in [6, 6.07) is 0. The van der Waals surface area contributed by atoms with Crippen molar-refractivity contribution >= 4 is 17.9 Å².